The maximum absolute atomic E-state index is 13.1. The number of rotatable bonds is 2. The summed E-state index contributed by atoms with van der Waals surface area (Å²) in [6, 6.07) is 2.98. The number of pyridine rings is 1. The average Bonchev–Trinajstić information content (AvgIpc) is 2.97. The monoisotopic (exact) mass is 283 g/mol. The zero-order valence-electron chi connectivity index (χ0n) is 10.7. The lowest BCUT2D eigenvalue weighted by molar-refractivity contribution is -0.137. The summed E-state index contributed by atoms with van der Waals surface area (Å²) in [5, 5.41) is 4.24. The van der Waals surface area contributed by atoms with E-state index < -0.39 is 11.7 Å². The van der Waals surface area contributed by atoms with Crippen LogP contribution in [0.3, 0.4) is 0 Å². The fraction of sp³-hybridized carbons (Fsp3) is 0.385. The van der Waals surface area contributed by atoms with Gasteiger partial charge in [-0.3, -0.25) is 4.68 Å². The van der Waals surface area contributed by atoms with Crippen LogP contribution in [0.5, 0.6) is 5.88 Å². The van der Waals surface area contributed by atoms with Crippen molar-refractivity contribution in [1.82, 2.24) is 14.8 Å². The molecular formula is C13H12F3N3O. The highest BCUT2D eigenvalue weighted by Gasteiger charge is 2.35. The van der Waals surface area contributed by atoms with Gasteiger partial charge in [0.25, 0.3) is 0 Å². The predicted octanol–water partition coefficient (Wildman–Crippen LogP) is 2.92. The third kappa shape index (κ3) is 2.13. The quantitative estimate of drug-likeness (QED) is 0.850. The average molecular weight is 283 g/mol. The van der Waals surface area contributed by atoms with E-state index in [0.717, 1.165) is 31.3 Å². The molecule has 2 aromatic rings. The standard InChI is InChI=1S/C13H12F3N3O/c1-20-12-6-9(10(7-17-12)13(14,15)16)11-5-8-3-2-4-19(8)18-11/h5-7H,2-4H2,1H3. The molecule has 0 spiro atoms. The fourth-order valence-electron chi connectivity index (χ4n) is 2.38. The molecule has 0 radical (unpaired) electrons. The van der Waals surface area contributed by atoms with Gasteiger partial charge in [-0.05, 0) is 18.9 Å². The number of halogens is 3. The Morgan fingerprint density at radius 2 is 2.10 bits per heavy atom. The van der Waals surface area contributed by atoms with E-state index in [9.17, 15) is 13.2 Å². The van der Waals surface area contributed by atoms with Crippen LogP contribution in [0.2, 0.25) is 0 Å². The summed E-state index contributed by atoms with van der Waals surface area (Å²) in [7, 11) is 1.37. The molecule has 0 unspecified atom stereocenters. The lowest BCUT2D eigenvalue weighted by Crippen LogP contribution is -2.09. The van der Waals surface area contributed by atoms with Crippen LogP contribution in [0.4, 0.5) is 13.2 Å². The van der Waals surface area contributed by atoms with Gasteiger partial charge in [0.15, 0.2) is 0 Å². The molecule has 20 heavy (non-hydrogen) atoms. The van der Waals surface area contributed by atoms with E-state index in [1.165, 1.54) is 13.2 Å². The number of alkyl halides is 3. The largest absolute Gasteiger partial charge is 0.481 e. The van der Waals surface area contributed by atoms with Gasteiger partial charge in [0, 0.05) is 30.1 Å². The van der Waals surface area contributed by atoms with Crippen LogP contribution in [0.15, 0.2) is 18.3 Å². The van der Waals surface area contributed by atoms with Gasteiger partial charge in [-0.1, -0.05) is 0 Å². The molecule has 3 rings (SSSR count). The molecule has 0 atom stereocenters. The van der Waals surface area contributed by atoms with Gasteiger partial charge in [-0.25, -0.2) is 4.98 Å². The normalized spacial score (nSPS) is 14.4. The number of ether oxygens (including phenoxy) is 1. The van der Waals surface area contributed by atoms with Crippen LogP contribution < -0.4 is 4.74 Å². The summed E-state index contributed by atoms with van der Waals surface area (Å²) in [6.07, 6.45) is -1.85. The highest BCUT2D eigenvalue weighted by atomic mass is 19.4. The van der Waals surface area contributed by atoms with Gasteiger partial charge in [-0.15, -0.1) is 0 Å². The van der Waals surface area contributed by atoms with E-state index in [0.29, 0.717) is 5.69 Å². The van der Waals surface area contributed by atoms with Gasteiger partial charge < -0.3 is 4.74 Å². The number of fused-ring (bicyclic) bond motifs is 1. The molecule has 0 saturated heterocycles. The minimum absolute atomic E-state index is 0.00579. The van der Waals surface area contributed by atoms with Crippen molar-refractivity contribution in [2.24, 2.45) is 0 Å². The molecule has 0 aromatic carbocycles. The Bertz CT molecular complexity index is 627. The third-order valence-electron chi connectivity index (χ3n) is 3.34. The highest BCUT2D eigenvalue weighted by Crippen LogP contribution is 2.38. The third-order valence-corrected chi connectivity index (χ3v) is 3.34. The number of methoxy groups -OCH3 is 1. The number of hydrogen-bond acceptors (Lipinski definition) is 3. The van der Waals surface area contributed by atoms with E-state index in [-0.39, 0.29) is 11.4 Å². The molecule has 4 nitrogen and oxygen atoms in total. The zero-order chi connectivity index (χ0) is 14.3. The molecular weight excluding hydrogens is 271 g/mol. The number of nitrogens with zero attached hydrogens (tertiary/aromatic N) is 3. The summed E-state index contributed by atoms with van der Waals surface area (Å²) in [5.41, 5.74) is 0.484. The molecule has 0 fully saturated rings. The van der Waals surface area contributed by atoms with Crippen molar-refractivity contribution in [1.29, 1.82) is 0 Å². The Hall–Kier alpha value is -2.05. The molecule has 0 N–H and O–H groups in total. The first-order valence-electron chi connectivity index (χ1n) is 6.17. The van der Waals surface area contributed by atoms with Crippen LogP contribution in [0, 0.1) is 0 Å². The molecule has 1 aliphatic heterocycles. The topological polar surface area (TPSA) is 39.9 Å². The summed E-state index contributed by atoms with van der Waals surface area (Å²) < 4.78 is 45.8. The number of aromatic nitrogens is 3. The van der Waals surface area contributed by atoms with Crippen molar-refractivity contribution in [3.63, 3.8) is 0 Å². The highest BCUT2D eigenvalue weighted by molar-refractivity contribution is 5.65. The Morgan fingerprint density at radius 1 is 1.30 bits per heavy atom. The minimum atomic E-state index is -4.47. The molecule has 1 aliphatic rings. The minimum Gasteiger partial charge on any atom is -0.481 e. The van der Waals surface area contributed by atoms with Gasteiger partial charge in [0.1, 0.15) is 0 Å². The number of hydrogen-bond donors (Lipinski definition) is 0. The first kappa shape index (κ1) is 13.0. The molecule has 0 aliphatic carbocycles. The molecule has 0 amide bonds. The summed E-state index contributed by atoms with van der Waals surface area (Å²) in [4.78, 5) is 3.64. The lowest BCUT2D eigenvalue weighted by Gasteiger charge is -2.11. The fourth-order valence-corrected chi connectivity index (χ4v) is 2.38. The second-order valence-corrected chi connectivity index (χ2v) is 4.62. The first-order chi connectivity index (χ1) is 9.49. The molecule has 0 saturated carbocycles. The number of aryl methyl sites for hydroxylation is 2. The predicted molar refractivity (Wildman–Crippen MR) is 65.3 cm³/mol. The first-order valence-corrected chi connectivity index (χ1v) is 6.17. The Balaban J connectivity index is 2.14. The van der Waals surface area contributed by atoms with E-state index in [4.69, 9.17) is 4.74 Å². The molecule has 106 valence electrons. The Labute approximate surface area is 113 Å². The summed E-state index contributed by atoms with van der Waals surface area (Å²) in [5.74, 6) is 0.140. The summed E-state index contributed by atoms with van der Waals surface area (Å²) in [6.45, 7) is 0.749. The zero-order valence-corrected chi connectivity index (χ0v) is 10.7. The Morgan fingerprint density at radius 3 is 2.75 bits per heavy atom. The second kappa shape index (κ2) is 4.50. The maximum Gasteiger partial charge on any atom is 0.418 e. The smallest absolute Gasteiger partial charge is 0.418 e. The van der Waals surface area contributed by atoms with E-state index in [1.807, 2.05) is 0 Å². The summed E-state index contributed by atoms with van der Waals surface area (Å²) >= 11 is 0. The molecule has 3 heterocycles. The van der Waals surface area contributed by atoms with Crippen LogP contribution in [-0.4, -0.2) is 21.9 Å². The van der Waals surface area contributed by atoms with Crippen molar-refractivity contribution in [2.75, 3.05) is 7.11 Å². The van der Waals surface area contributed by atoms with Crippen LogP contribution >= 0.6 is 0 Å². The van der Waals surface area contributed by atoms with Crippen LogP contribution in [0.1, 0.15) is 17.7 Å². The Kier molecular flexibility index (Phi) is 2.92. The molecule has 7 heteroatoms. The molecule has 2 aromatic heterocycles. The van der Waals surface area contributed by atoms with Gasteiger partial charge in [0.2, 0.25) is 5.88 Å². The lowest BCUT2D eigenvalue weighted by atomic mass is 10.1. The van der Waals surface area contributed by atoms with E-state index in [2.05, 4.69) is 10.1 Å². The van der Waals surface area contributed by atoms with E-state index >= 15 is 0 Å². The van der Waals surface area contributed by atoms with Crippen molar-refractivity contribution >= 4 is 0 Å². The van der Waals surface area contributed by atoms with Crippen molar-refractivity contribution in [3.8, 4) is 17.1 Å². The van der Waals surface area contributed by atoms with Crippen LogP contribution in [0.25, 0.3) is 11.3 Å². The second-order valence-electron chi connectivity index (χ2n) is 4.62. The maximum atomic E-state index is 13.1. The van der Waals surface area contributed by atoms with Crippen molar-refractivity contribution < 1.29 is 17.9 Å². The van der Waals surface area contributed by atoms with Gasteiger partial charge >= 0.3 is 6.18 Å². The molecule has 0 bridgehead atoms. The van der Waals surface area contributed by atoms with Gasteiger partial charge in [-0.2, -0.15) is 18.3 Å². The van der Waals surface area contributed by atoms with Crippen molar-refractivity contribution in [2.45, 2.75) is 25.6 Å². The van der Waals surface area contributed by atoms with E-state index in [1.54, 1.807) is 10.7 Å². The van der Waals surface area contributed by atoms with Crippen LogP contribution in [-0.2, 0) is 19.1 Å². The van der Waals surface area contributed by atoms with Gasteiger partial charge in [0.05, 0.1) is 18.4 Å². The SMILES string of the molecule is COc1cc(-c2cc3n(n2)CCC3)c(C(F)(F)F)cn1. The van der Waals surface area contributed by atoms with Crippen molar-refractivity contribution in [3.05, 3.63) is 29.6 Å².